The molecule has 3 nitrogen and oxygen atoms in total. The van der Waals surface area contributed by atoms with Gasteiger partial charge in [0, 0.05) is 23.1 Å². The molecule has 0 fully saturated rings. The molecule has 0 saturated heterocycles. The van der Waals surface area contributed by atoms with Crippen molar-refractivity contribution in [1.82, 2.24) is 0 Å². The molecule has 0 saturated carbocycles. The number of aryl methyl sites for hydroxylation is 1. The minimum Gasteiger partial charge on any atom is -0.496 e. The number of rotatable bonds is 2. The van der Waals surface area contributed by atoms with Gasteiger partial charge in [-0.15, -0.1) is 0 Å². The van der Waals surface area contributed by atoms with E-state index in [9.17, 15) is 4.79 Å². The monoisotopic (exact) mass is 266 g/mol. The number of benzene rings is 2. The van der Waals surface area contributed by atoms with Gasteiger partial charge in [-0.2, -0.15) is 0 Å². The molecule has 1 aromatic heterocycles. The van der Waals surface area contributed by atoms with Gasteiger partial charge in [0.1, 0.15) is 11.3 Å². The predicted octanol–water partition coefficient (Wildman–Crippen LogP) is 3.78. The van der Waals surface area contributed by atoms with Crippen molar-refractivity contribution in [2.75, 3.05) is 7.11 Å². The summed E-state index contributed by atoms with van der Waals surface area (Å²) in [4.78, 5) is 11.5. The van der Waals surface area contributed by atoms with Gasteiger partial charge in [-0.1, -0.05) is 30.3 Å². The molecule has 0 amide bonds. The van der Waals surface area contributed by atoms with Crippen LogP contribution >= 0.6 is 0 Å². The van der Waals surface area contributed by atoms with E-state index < -0.39 is 0 Å². The first-order chi connectivity index (χ1) is 9.69. The number of ether oxygens (including phenoxy) is 1. The maximum Gasteiger partial charge on any atom is 0.336 e. The molecule has 0 radical (unpaired) electrons. The molecule has 3 rings (SSSR count). The molecular formula is C17H14O3. The normalized spacial score (nSPS) is 10.7. The molecule has 1 heterocycles. The standard InChI is InChI=1S/C17H14O3/c1-11-8-17(18)20-16-10-15(19-2)14(9-13(11)16)12-6-4-3-5-7-12/h3-10H,1-2H3. The molecule has 0 spiro atoms. The minimum absolute atomic E-state index is 0.343. The highest BCUT2D eigenvalue weighted by Gasteiger charge is 2.11. The van der Waals surface area contributed by atoms with E-state index in [0.717, 1.165) is 22.1 Å². The van der Waals surface area contributed by atoms with Crippen LogP contribution < -0.4 is 10.4 Å². The Bertz CT molecular complexity index is 817. The van der Waals surface area contributed by atoms with Gasteiger partial charge in [0.05, 0.1) is 7.11 Å². The molecule has 3 heteroatoms. The molecule has 2 aromatic carbocycles. The van der Waals surface area contributed by atoms with Crippen LogP contribution in [-0.2, 0) is 0 Å². The van der Waals surface area contributed by atoms with Crippen LogP contribution in [0.2, 0.25) is 0 Å². The molecule has 0 N–H and O–H groups in total. The van der Waals surface area contributed by atoms with Crippen LogP contribution in [0.4, 0.5) is 0 Å². The molecule has 0 aliphatic rings. The van der Waals surface area contributed by atoms with E-state index in [4.69, 9.17) is 9.15 Å². The van der Waals surface area contributed by atoms with Crippen molar-refractivity contribution in [3.05, 3.63) is 64.5 Å². The summed E-state index contributed by atoms with van der Waals surface area (Å²) in [5, 5.41) is 0.921. The first-order valence-electron chi connectivity index (χ1n) is 6.37. The minimum atomic E-state index is -0.343. The number of hydrogen-bond acceptors (Lipinski definition) is 3. The van der Waals surface area contributed by atoms with Crippen molar-refractivity contribution < 1.29 is 9.15 Å². The first kappa shape index (κ1) is 12.5. The van der Waals surface area contributed by atoms with Gasteiger partial charge in [0.25, 0.3) is 0 Å². The third-order valence-electron chi connectivity index (χ3n) is 3.36. The molecule has 0 atom stereocenters. The van der Waals surface area contributed by atoms with Gasteiger partial charge in [0.2, 0.25) is 0 Å². The van der Waals surface area contributed by atoms with E-state index in [1.807, 2.05) is 43.3 Å². The van der Waals surface area contributed by atoms with Crippen LogP contribution in [0.5, 0.6) is 5.75 Å². The van der Waals surface area contributed by atoms with Crippen LogP contribution in [-0.4, -0.2) is 7.11 Å². The van der Waals surface area contributed by atoms with Gasteiger partial charge in [-0.25, -0.2) is 4.79 Å². The fourth-order valence-corrected chi connectivity index (χ4v) is 2.36. The Balaban J connectivity index is 2.35. The quantitative estimate of drug-likeness (QED) is 0.663. The van der Waals surface area contributed by atoms with Crippen molar-refractivity contribution in [3.63, 3.8) is 0 Å². The van der Waals surface area contributed by atoms with Crippen LogP contribution in [0.3, 0.4) is 0 Å². The summed E-state index contributed by atoms with van der Waals surface area (Å²) in [5.74, 6) is 0.692. The van der Waals surface area contributed by atoms with Crippen LogP contribution in [0, 0.1) is 6.92 Å². The lowest BCUT2D eigenvalue weighted by molar-refractivity contribution is 0.415. The molecule has 20 heavy (non-hydrogen) atoms. The smallest absolute Gasteiger partial charge is 0.336 e. The van der Waals surface area contributed by atoms with E-state index in [0.29, 0.717) is 11.3 Å². The first-order valence-corrected chi connectivity index (χ1v) is 6.37. The molecule has 100 valence electrons. The summed E-state index contributed by atoms with van der Waals surface area (Å²) < 4.78 is 10.7. The third-order valence-corrected chi connectivity index (χ3v) is 3.36. The lowest BCUT2D eigenvalue weighted by Gasteiger charge is -2.11. The summed E-state index contributed by atoms with van der Waals surface area (Å²) in [6.07, 6.45) is 0. The van der Waals surface area contributed by atoms with E-state index in [2.05, 4.69) is 0 Å². The number of fused-ring (bicyclic) bond motifs is 1. The van der Waals surface area contributed by atoms with E-state index in [1.54, 1.807) is 13.2 Å². The van der Waals surface area contributed by atoms with Gasteiger partial charge in [-0.3, -0.25) is 0 Å². The zero-order chi connectivity index (χ0) is 14.1. The van der Waals surface area contributed by atoms with E-state index >= 15 is 0 Å². The highest BCUT2D eigenvalue weighted by molar-refractivity contribution is 5.89. The average molecular weight is 266 g/mol. The molecule has 0 aliphatic carbocycles. The SMILES string of the molecule is COc1cc2oc(=O)cc(C)c2cc1-c1ccccc1. The lowest BCUT2D eigenvalue weighted by atomic mass is 10.0. The van der Waals surface area contributed by atoms with Crippen molar-refractivity contribution in [1.29, 1.82) is 0 Å². The maximum atomic E-state index is 11.5. The van der Waals surface area contributed by atoms with Crippen molar-refractivity contribution in [2.24, 2.45) is 0 Å². The zero-order valence-corrected chi connectivity index (χ0v) is 11.3. The fraction of sp³-hybridized carbons (Fsp3) is 0.118. The molecule has 0 bridgehead atoms. The Labute approximate surface area is 116 Å². The van der Waals surface area contributed by atoms with Crippen LogP contribution in [0.15, 0.2) is 57.7 Å². The van der Waals surface area contributed by atoms with Gasteiger partial charge >= 0.3 is 5.63 Å². The Morgan fingerprint density at radius 3 is 2.50 bits per heavy atom. The second-order valence-corrected chi connectivity index (χ2v) is 4.66. The average Bonchev–Trinajstić information content (AvgIpc) is 2.46. The molecule has 0 aliphatic heterocycles. The van der Waals surface area contributed by atoms with E-state index in [-0.39, 0.29) is 5.63 Å². The summed E-state index contributed by atoms with van der Waals surface area (Å²) in [5.41, 5.74) is 3.15. The summed E-state index contributed by atoms with van der Waals surface area (Å²) >= 11 is 0. The molecule has 0 unspecified atom stereocenters. The van der Waals surface area contributed by atoms with Crippen molar-refractivity contribution in [3.8, 4) is 16.9 Å². The second kappa shape index (κ2) is 4.85. The van der Waals surface area contributed by atoms with Crippen LogP contribution in [0.1, 0.15) is 5.56 Å². The number of methoxy groups -OCH3 is 1. The summed E-state index contributed by atoms with van der Waals surface area (Å²) in [6, 6.07) is 15.3. The number of hydrogen-bond donors (Lipinski definition) is 0. The van der Waals surface area contributed by atoms with Gasteiger partial charge < -0.3 is 9.15 Å². The summed E-state index contributed by atoms with van der Waals surface area (Å²) in [6.45, 7) is 1.90. The highest BCUT2D eigenvalue weighted by Crippen LogP contribution is 2.34. The Morgan fingerprint density at radius 2 is 1.80 bits per heavy atom. The Morgan fingerprint density at radius 1 is 1.05 bits per heavy atom. The second-order valence-electron chi connectivity index (χ2n) is 4.66. The largest absolute Gasteiger partial charge is 0.496 e. The van der Waals surface area contributed by atoms with Crippen molar-refractivity contribution >= 4 is 11.0 Å². The zero-order valence-electron chi connectivity index (χ0n) is 11.3. The lowest BCUT2D eigenvalue weighted by Crippen LogP contribution is -1.98. The topological polar surface area (TPSA) is 39.4 Å². The fourth-order valence-electron chi connectivity index (χ4n) is 2.36. The van der Waals surface area contributed by atoms with E-state index in [1.165, 1.54) is 6.07 Å². The van der Waals surface area contributed by atoms with Crippen LogP contribution in [0.25, 0.3) is 22.1 Å². The molecular weight excluding hydrogens is 252 g/mol. The third kappa shape index (κ3) is 2.07. The van der Waals surface area contributed by atoms with Gasteiger partial charge in [0.15, 0.2) is 0 Å². The Kier molecular flexibility index (Phi) is 3.03. The molecule has 3 aromatic rings. The van der Waals surface area contributed by atoms with Gasteiger partial charge in [-0.05, 0) is 24.1 Å². The van der Waals surface area contributed by atoms with Crippen molar-refractivity contribution in [2.45, 2.75) is 6.92 Å². The maximum absolute atomic E-state index is 11.5. The summed E-state index contributed by atoms with van der Waals surface area (Å²) in [7, 11) is 1.61. The Hall–Kier alpha value is -2.55. The predicted molar refractivity (Wildman–Crippen MR) is 79.2 cm³/mol. The highest BCUT2D eigenvalue weighted by atomic mass is 16.5.